The van der Waals surface area contributed by atoms with Gasteiger partial charge >= 0.3 is 0 Å². The zero-order valence-electron chi connectivity index (χ0n) is 15.1. The van der Waals surface area contributed by atoms with Gasteiger partial charge in [0.1, 0.15) is 0 Å². The Morgan fingerprint density at radius 1 is 1.33 bits per heavy atom. The summed E-state index contributed by atoms with van der Waals surface area (Å²) in [5, 5.41) is 0. The van der Waals surface area contributed by atoms with Crippen LogP contribution in [0.25, 0.3) is 0 Å². The molecule has 0 aromatic rings. The molecular weight excluding hydrogens is 308 g/mol. The highest BCUT2D eigenvalue weighted by Gasteiger charge is 2.43. The third kappa shape index (κ3) is 3.45. The maximum atomic E-state index is 12.7. The number of hydrogen-bond acceptors (Lipinski definition) is 4. The zero-order chi connectivity index (χ0) is 17.3. The molecule has 3 aliphatic rings. The lowest BCUT2D eigenvalue weighted by Crippen LogP contribution is -2.53. The summed E-state index contributed by atoms with van der Waals surface area (Å²) in [6, 6.07) is 0. The molecule has 0 N–H and O–H groups in total. The number of fused-ring (bicyclic) bond motifs is 1. The molecule has 2 heterocycles. The van der Waals surface area contributed by atoms with E-state index >= 15 is 0 Å². The van der Waals surface area contributed by atoms with Crippen molar-refractivity contribution in [3.05, 3.63) is 0 Å². The first-order valence-electron chi connectivity index (χ1n) is 9.10. The summed E-state index contributed by atoms with van der Waals surface area (Å²) in [7, 11) is 5.28. The van der Waals surface area contributed by atoms with Crippen molar-refractivity contribution in [1.82, 2.24) is 9.80 Å². The van der Waals surface area contributed by atoms with Gasteiger partial charge in [-0.25, -0.2) is 0 Å². The van der Waals surface area contributed by atoms with Crippen LogP contribution in [-0.2, 0) is 19.1 Å². The van der Waals surface area contributed by atoms with Crippen LogP contribution in [-0.4, -0.2) is 74.2 Å². The minimum Gasteiger partial charge on any atom is -0.378 e. The van der Waals surface area contributed by atoms with Gasteiger partial charge in [-0.2, -0.15) is 0 Å². The van der Waals surface area contributed by atoms with Crippen molar-refractivity contribution in [2.75, 3.05) is 40.9 Å². The molecular formula is C18H30N2O4. The Kier molecular flexibility index (Phi) is 5.16. The lowest BCUT2D eigenvalue weighted by atomic mass is 9.77. The predicted octanol–water partition coefficient (Wildman–Crippen LogP) is 1.29. The van der Waals surface area contributed by atoms with Crippen molar-refractivity contribution in [3.8, 4) is 0 Å². The van der Waals surface area contributed by atoms with Crippen molar-refractivity contribution in [2.45, 2.75) is 50.2 Å². The number of nitrogens with zero attached hydrogens (tertiary/aromatic N) is 2. The molecule has 6 heteroatoms. The SMILES string of the molecule is COC1(CC(=O)N2CC[C@H]3OC[C@@H](C(=O)N(C)C)C[C@H]3C2)CCC1. The Labute approximate surface area is 144 Å². The van der Waals surface area contributed by atoms with Gasteiger partial charge in [-0.3, -0.25) is 9.59 Å². The van der Waals surface area contributed by atoms with Crippen LogP contribution in [0.1, 0.15) is 38.5 Å². The third-order valence-electron chi connectivity index (χ3n) is 6.08. The summed E-state index contributed by atoms with van der Waals surface area (Å²) in [5.41, 5.74) is -0.222. The zero-order valence-corrected chi connectivity index (χ0v) is 15.1. The standard InChI is InChI=1S/C18H30N2O4/c1-19(2)17(22)14-9-13-11-20(8-5-15(13)24-12-14)16(21)10-18(23-3)6-4-7-18/h13-15H,4-12H2,1-3H3/t13-,14-,15+/m0/s1. The summed E-state index contributed by atoms with van der Waals surface area (Å²) in [5.74, 6) is 0.513. The second-order valence-corrected chi connectivity index (χ2v) is 7.84. The van der Waals surface area contributed by atoms with Gasteiger partial charge in [0.2, 0.25) is 11.8 Å². The van der Waals surface area contributed by atoms with Gasteiger partial charge in [0, 0.05) is 40.2 Å². The minimum absolute atomic E-state index is 0.0757. The molecule has 2 aliphatic heterocycles. The van der Waals surface area contributed by atoms with E-state index in [1.165, 1.54) is 0 Å². The van der Waals surface area contributed by atoms with E-state index in [-0.39, 0.29) is 35.4 Å². The fraction of sp³-hybridized carbons (Fsp3) is 0.889. The lowest BCUT2D eigenvalue weighted by Gasteiger charge is -2.45. The topological polar surface area (TPSA) is 59.1 Å². The van der Waals surface area contributed by atoms with Crippen LogP contribution < -0.4 is 0 Å². The fourth-order valence-corrected chi connectivity index (χ4v) is 4.31. The first kappa shape index (κ1) is 17.7. The molecule has 136 valence electrons. The van der Waals surface area contributed by atoms with E-state index in [4.69, 9.17) is 9.47 Å². The Hall–Kier alpha value is -1.14. The monoisotopic (exact) mass is 338 g/mol. The Bertz CT molecular complexity index is 484. The molecule has 0 unspecified atom stereocenters. The maximum absolute atomic E-state index is 12.7. The van der Waals surface area contributed by atoms with Crippen molar-refractivity contribution in [3.63, 3.8) is 0 Å². The van der Waals surface area contributed by atoms with Crippen LogP contribution in [0.5, 0.6) is 0 Å². The number of methoxy groups -OCH3 is 1. The maximum Gasteiger partial charge on any atom is 0.227 e. The molecule has 0 aromatic carbocycles. The quantitative estimate of drug-likeness (QED) is 0.775. The molecule has 1 aliphatic carbocycles. The Morgan fingerprint density at radius 3 is 2.67 bits per heavy atom. The first-order valence-corrected chi connectivity index (χ1v) is 9.10. The van der Waals surface area contributed by atoms with Gasteiger partial charge < -0.3 is 19.3 Å². The average molecular weight is 338 g/mol. The van der Waals surface area contributed by atoms with E-state index in [2.05, 4.69) is 0 Å². The summed E-state index contributed by atoms with van der Waals surface area (Å²) in [6.45, 7) is 1.98. The van der Waals surface area contributed by atoms with E-state index in [0.717, 1.165) is 38.6 Å². The summed E-state index contributed by atoms with van der Waals surface area (Å²) >= 11 is 0. The van der Waals surface area contributed by atoms with Gasteiger partial charge in [-0.15, -0.1) is 0 Å². The van der Waals surface area contributed by atoms with Crippen LogP contribution in [0, 0.1) is 11.8 Å². The van der Waals surface area contributed by atoms with Gasteiger partial charge in [-0.1, -0.05) is 0 Å². The lowest BCUT2D eigenvalue weighted by molar-refractivity contribution is -0.155. The highest BCUT2D eigenvalue weighted by molar-refractivity contribution is 5.79. The normalized spacial score (nSPS) is 31.8. The third-order valence-corrected chi connectivity index (χ3v) is 6.08. The van der Waals surface area contributed by atoms with Gasteiger partial charge in [0.15, 0.2) is 0 Å². The van der Waals surface area contributed by atoms with Crippen LogP contribution in [0.4, 0.5) is 0 Å². The Morgan fingerprint density at radius 2 is 2.08 bits per heavy atom. The molecule has 0 bridgehead atoms. The number of likely N-dealkylation sites (tertiary alicyclic amines) is 1. The highest BCUT2D eigenvalue weighted by Crippen LogP contribution is 2.39. The van der Waals surface area contributed by atoms with E-state index in [1.54, 1.807) is 26.1 Å². The molecule has 0 radical (unpaired) electrons. The molecule has 1 saturated carbocycles. The van der Waals surface area contributed by atoms with Gasteiger partial charge in [0.25, 0.3) is 0 Å². The van der Waals surface area contributed by atoms with E-state index in [0.29, 0.717) is 19.6 Å². The van der Waals surface area contributed by atoms with Crippen molar-refractivity contribution >= 4 is 11.8 Å². The number of amides is 2. The van der Waals surface area contributed by atoms with E-state index in [9.17, 15) is 9.59 Å². The number of rotatable bonds is 4. The van der Waals surface area contributed by atoms with Crippen molar-refractivity contribution < 1.29 is 19.1 Å². The fourth-order valence-electron chi connectivity index (χ4n) is 4.31. The highest BCUT2D eigenvalue weighted by atomic mass is 16.5. The molecule has 6 nitrogen and oxygen atoms in total. The smallest absolute Gasteiger partial charge is 0.227 e. The van der Waals surface area contributed by atoms with Gasteiger partial charge in [0.05, 0.1) is 30.7 Å². The van der Waals surface area contributed by atoms with Crippen molar-refractivity contribution in [2.24, 2.45) is 11.8 Å². The number of hydrogen-bond donors (Lipinski definition) is 0. The average Bonchev–Trinajstić information content (AvgIpc) is 2.56. The van der Waals surface area contributed by atoms with Crippen LogP contribution in [0.3, 0.4) is 0 Å². The molecule has 3 fully saturated rings. The van der Waals surface area contributed by atoms with Crippen molar-refractivity contribution in [1.29, 1.82) is 0 Å². The molecule has 2 saturated heterocycles. The molecule has 24 heavy (non-hydrogen) atoms. The molecule has 3 atom stereocenters. The second kappa shape index (κ2) is 7.00. The molecule has 2 amide bonds. The number of piperidine rings is 1. The van der Waals surface area contributed by atoms with Gasteiger partial charge in [-0.05, 0) is 32.1 Å². The minimum atomic E-state index is -0.222. The number of carbonyl (C=O) groups excluding carboxylic acids is 2. The van der Waals surface area contributed by atoms with Crippen LogP contribution in [0.15, 0.2) is 0 Å². The molecule has 0 spiro atoms. The Balaban J connectivity index is 1.57. The van der Waals surface area contributed by atoms with E-state index in [1.807, 2.05) is 4.90 Å². The van der Waals surface area contributed by atoms with E-state index < -0.39 is 0 Å². The number of ether oxygens (including phenoxy) is 2. The summed E-state index contributed by atoms with van der Waals surface area (Å²) in [6.07, 6.45) is 5.49. The molecule has 3 rings (SSSR count). The molecule has 0 aromatic heterocycles. The van der Waals surface area contributed by atoms with Crippen LogP contribution >= 0.6 is 0 Å². The predicted molar refractivity (Wildman–Crippen MR) is 89.4 cm³/mol. The summed E-state index contributed by atoms with van der Waals surface area (Å²) in [4.78, 5) is 28.5. The first-order chi connectivity index (χ1) is 11.4. The van der Waals surface area contributed by atoms with Crippen LogP contribution in [0.2, 0.25) is 0 Å². The second-order valence-electron chi connectivity index (χ2n) is 7.84. The largest absolute Gasteiger partial charge is 0.378 e. The number of carbonyl (C=O) groups is 2. The summed E-state index contributed by atoms with van der Waals surface area (Å²) < 4.78 is 11.5.